The first kappa shape index (κ1) is 44.6. The molecule has 0 radical (unpaired) electrons. The largest absolute Gasteiger partial charge is 0.334 e. The van der Waals surface area contributed by atoms with Gasteiger partial charge in [-0.3, -0.25) is 0 Å². The Morgan fingerprint density at radius 3 is 1.67 bits per heavy atom. The van der Waals surface area contributed by atoms with Gasteiger partial charge in [-0.1, -0.05) is 169 Å². The monoisotopic (exact) mass is 872 g/mol. The molecule has 10 rings (SSSR count). The number of hydrogen-bond acceptors (Lipinski definition) is 3. The minimum Gasteiger partial charge on any atom is -0.334 e. The van der Waals surface area contributed by atoms with Gasteiger partial charge in [0.15, 0.2) is 0 Å². The number of fused-ring (bicyclic) bond motifs is 7. The van der Waals surface area contributed by atoms with E-state index < -0.39 is 0 Å². The summed E-state index contributed by atoms with van der Waals surface area (Å²) in [5, 5.41) is 0. The molecule has 1 saturated carbocycles. The van der Waals surface area contributed by atoms with Crippen molar-refractivity contribution in [3.8, 4) is 0 Å². The fraction of sp³-hybridized carbons (Fsp3) is 0.419. The van der Waals surface area contributed by atoms with Crippen LogP contribution in [0.25, 0.3) is 0 Å². The molecule has 0 amide bonds. The van der Waals surface area contributed by atoms with Gasteiger partial charge in [0.25, 0.3) is 6.71 Å². The standard InChI is InChI=1S/C62H74BN3/c1-39-32-40(2)56-48(33-39)61(15)30-17-18-31-62(61,16)66(56)47-37-53-55-54(38-47)65(46-21-19-20-42(34-46)58(6,7)8)52-36-44(60(12,13)14)24-28-49(52)63(55)50-35-43(59(9,10)11)25-29-51(50)64(53)45-26-22-41(23-27-45)57(3,4)5/h19-29,32-38H,17-18,30-31H2,1-16H3. The summed E-state index contributed by atoms with van der Waals surface area (Å²) in [5.41, 5.74) is 23.9. The highest BCUT2D eigenvalue weighted by Crippen LogP contribution is 2.63. The first-order chi connectivity index (χ1) is 30.8. The van der Waals surface area contributed by atoms with E-state index in [-0.39, 0.29) is 39.3 Å². The number of rotatable bonds is 3. The first-order valence-corrected chi connectivity index (χ1v) is 25.0. The molecule has 3 aliphatic heterocycles. The SMILES string of the molecule is Cc1cc(C)c2c(c1)C1(C)CCCCC1(C)N2c1cc2c3c(c1)N(c1cccc(C(C)(C)C)c1)c1cc(C(C)(C)C)ccc1B3c1cc(C(C)(C)C)ccc1N2c1ccc(C(C)(C)C)cc1. The Labute approximate surface area is 398 Å². The molecule has 1 aliphatic carbocycles. The van der Waals surface area contributed by atoms with E-state index in [0.717, 1.165) is 6.42 Å². The third-order valence-electron chi connectivity index (χ3n) is 16.5. The molecule has 2 atom stereocenters. The number of anilines is 8. The first-order valence-electron chi connectivity index (χ1n) is 25.0. The normalized spacial score (nSPS) is 20.2. The highest BCUT2D eigenvalue weighted by atomic mass is 15.3. The summed E-state index contributed by atoms with van der Waals surface area (Å²) >= 11 is 0. The number of hydrogen-bond donors (Lipinski definition) is 0. The van der Waals surface area contributed by atoms with Crippen molar-refractivity contribution in [3.05, 3.63) is 148 Å². The summed E-state index contributed by atoms with van der Waals surface area (Å²) in [4.78, 5) is 8.14. The third-order valence-corrected chi connectivity index (χ3v) is 16.5. The molecular formula is C62H74BN3. The Bertz CT molecular complexity index is 2930. The summed E-state index contributed by atoms with van der Waals surface area (Å²) in [6.45, 7) is 38.0. The fourth-order valence-electron chi connectivity index (χ4n) is 12.4. The van der Waals surface area contributed by atoms with Crippen LogP contribution in [0.5, 0.6) is 0 Å². The minimum absolute atomic E-state index is 0.0143. The van der Waals surface area contributed by atoms with E-state index in [4.69, 9.17) is 0 Å². The van der Waals surface area contributed by atoms with Crippen LogP contribution in [-0.4, -0.2) is 12.3 Å². The van der Waals surface area contributed by atoms with Gasteiger partial charge in [0.05, 0.1) is 5.54 Å². The molecule has 0 aromatic heterocycles. The molecule has 0 bridgehead atoms. The van der Waals surface area contributed by atoms with Crippen molar-refractivity contribution in [2.45, 2.75) is 169 Å². The highest BCUT2D eigenvalue weighted by molar-refractivity contribution is 7.00. The lowest BCUT2D eigenvalue weighted by molar-refractivity contribution is 0.195. The van der Waals surface area contributed by atoms with Gasteiger partial charge in [-0.2, -0.15) is 0 Å². The third kappa shape index (κ3) is 6.73. The fourth-order valence-corrected chi connectivity index (χ4v) is 12.4. The molecule has 340 valence electrons. The van der Waals surface area contributed by atoms with Gasteiger partial charge >= 0.3 is 0 Å². The van der Waals surface area contributed by atoms with Crippen LogP contribution in [0.4, 0.5) is 45.5 Å². The van der Waals surface area contributed by atoms with Crippen LogP contribution >= 0.6 is 0 Å². The molecule has 2 unspecified atom stereocenters. The summed E-state index contributed by atoms with van der Waals surface area (Å²) in [5.74, 6) is 0. The van der Waals surface area contributed by atoms with E-state index in [1.807, 2.05) is 0 Å². The Kier molecular flexibility index (Phi) is 9.90. The van der Waals surface area contributed by atoms with E-state index in [1.54, 1.807) is 0 Å². The molecular weight excluding hydrogens is 798 g/mol. The Hall–Kier alpha value is -5.22. The highest BCUT2D eigenvalue weighted by Gasteiger charge is 2.58. The second-order valence-corrected chi connectivity index (χ2v) is 25.3. The molecule has 0 spiro atoms. The Balaban J connectivity index is 1.36. The van der Waals surface area contributed by atoms with Gasteiger partial charge in [-0.05, 0) is 154 Å². The zero-order valence-corrected chi connectivity index (χ0v) is 43.1. The van der Waals surface area contributed by atoms with Crippen LogP contribution in [0.15, 0.2) is 109 Å². The van der Waals surface area contributed by atoms with Gasteiger partial charge in [0, 0.05) is 50.9 Å². The zero-order valence-electron chi connectivity index (χ0n) is 43.1. The zero-order chi connectivity index (χ0) is 47.3. The molecule has 4 heteroatoms. The van der Waals surface area contributed by atoms with Crippen LogP contribution in [0.3, 0.4) is 0 Å². The summed E-state index contributed by atoms with van der Waals surface area (Å²) in [7, 11) is 0. The average molecular weight is 872 g/mol. The maximum absolute atomic E-state index is 2.84. The minimum atomic E-state index is -0.108. The Morgan fingerprint density at radius 2 is 1.03 bits per heavy atom. The topological polar surface area (TPSA) is 9.72 Å². The maximum Gasteiger partial charge on any atom is 0.252 e. The van der Waals surface area contributed by atoms with Crippen molar-refractivity contribution < 1.29 is 0 Å². The van der Waals surface area contributed by atoms with E-state index in [0.29, 0.717) is 0 Å². The van der Waals surface area contributed by atoms with Gasteiger partial charge in [0.1, 0.15) is 0 Å². The predicted octanol–water partition coefficient (Wildman–Crippen LogP) is 15.3. The van der Waals surface area contributed by atoms with E-state index in [2.05, 4.69) is 235 Å². The number of benzene rings is 6. The van der Waals surface area contributed by atoms with Crippen molar-refractivity contribution in [1.29, 1.82) is 0 Å². The van der Waals surface area contributed by atoms with E-state index in [1.165, 1.54) is 120 Å². The molecule has 0 N–H and O–H groups in total. The lowest BCUT2D eigenvalue weighted by atomic mass is 9.33. The van der Waals surface area contributed by atoms with Gasteiger partial charge < -0.3 is 14.7 Å². The molecule has 4 aliphatic rings. The second kappa shape index (κ2) is 14.6. The molecule has 66 heavy (non-hydrogen) atoms. The van der Waals surface area contributed by atoms with Gasteiger partial charge in [-0.15, -0.1) is 0 Å². The molecule has 3 nitrogen and oxygen atoms in total. The van der Waals surface area contributed by atoms with Crippen LogP contribution in [-0.2, 0) is 27.1 Å². The summed E-state index contributed by atoms with van der Waals surface area (Å²) in [6.07, 6.45) is 4.84. The predicted molar refractivity (Wildman–Crippen MR) is 288 cm³/mol. The van der Waals surface area contributed by atoms with Crippen molar-refractivity contribution in [2.75, 3.05) is 14.7 Å². The maximum atomic E-state index is 2.84. The lowest BCUT2D eigenvalue weighted by Gasteiger charge is -2.51. The average Bonchev–Trinajstić information content (AvgIpc) is 3.45. The second-order valence-electron chi connectivity index (χ2n) is 25.3. The van der Waals surface area contributed by atoms with E-state index in [9.17, 15) is 0 Å². The van der Waals surface area contributed by atoms with Crippen LogP contribution < -0.4 is 31.1 Å². The molecule has 3 heterocycles. The van der Waals surface area contributed by atoms with Crippen molar-refractivity contribution >= 4 is 68.6 Å². The number of aryl methyl sites for hydroxylation is 2. The number of nitrogens with zero attached hydrogens (tertiary/aromatic N) is 3. The quantitative estimate of drug-likeness (QED) is 0.164. The Morgan fingerprint density at radius 1 is 0.470 bits per heavy atom. The van der Waals surface area contributed by atoms with Crippen LogP contribution in [0, 0.1) is 13.8 Å². The van der Waals surface area contributed by atoms with Crippen LogP contribution in [0.2, 0.25) is 0 Å². The molecule has 6 aromatic rings. The van der Waals surface area contributed by atoms with E-state index >= 15 is 0 Å². The summed E-state index contributed by atoms with van der Waals surface area (Å²) < 4.78 is 0. The van der Waals surface area contributed by atoms with Gasteiger partial charge in [-0.25, -0.2) is 0 Å². The van der Waals surface area contributed by atoms with Crippen LogP contribution in [0.1, 0.15) is 162 Å². The molecule has 1 fully saturated rings. The molecule has 0 saturated heterocycles. The molecule has 6 aromatic carbocycles. The lowest BCUT2D eigenvalue weighted by Crippen LogP contribution is -2.62. The van der Waals surface area contributed by atoms with Crippen molar-refractivity contribution in [1.82, 2.24) is 0 Å². The van der Waals surface area contributed by atoms with Gasteiger partial charge in [0.2, 0.25) is 0 Å². The van der Waals surface area contributed by atoms with Crippen molar-refractivity contribution in [3.63, 3.8) is 0 Å². The smallest absolute Gasteiger partial charge is 0.252 e. The van der Waals surface area contributed by atoms with Crippen molar-refractivity contribution in [2.24, 2.45) is 0 Å². The summed E-state index contributed by atoms with van der Waals surface area (Å²) in [6, 6.07) is 44.0.